The standard InChI is InChI=1S/C18H21O8P.2C2H8N2/c1-22-14-8-7-12(9-15(14)26-27(19,20)21)5-6-13-10-16(23-2)18(25-4)17(11-13)24-3;2*3-1-2-4/h5-11H,1-4H3,(H2,19,20,21);2*1-4H2/b6-5-;;. The van der Waals surface area contributed by atoms with Crippen molar-refractivity contribution in [3.63, 3.8) is 0 Å². The molecule has 10 N–H and O–H groups in total. The summed E-state index contributed by atoms with van der Waals surface area (Å²) in [7, 11) is 1.26. The lowest BCUT2D eigenvalue weighted by Crippen LogP contribution is -2.11. The number of rotatable bonds is 10. The monoisotopic (exact) mass is 516 g/mol. The van der Waals surface area contributed by atoms with Crippen molar-refractivity contribution in [1.82, 2.24) is 0 Å². The molecule has 0 heterocycles. The Balaban J connectivity index is 0.00000126. The molecule has 13 heteroatoms. The summed E-state index contributed by atoms with van der Waals surface area (Å²) in [5.41, 5.74) is 21.0. The molecule has 0 aliphatic carbocycles. The summed E-state index contributed by atoms with van der Waals surface area (Å²) in [5, 5.41) is 0. The third-order valence-electron chi connectivity index (χ3n) is 3.89. The van der Waals surface area contributed by atoms with E-state index in [-0.39, 0.29) is 11.5 Å². The smallest absolute Gasteiger partial charge is 0.493 e. The molecule has 2 aromatic rings. The van der Waals surface area contributed by atoms with Crippen molar-refractivity contribution in [3.8, 4) is 28.7 Å². The molecule has 0 radical (unpaired) electrons. The van der Waals surface area contributed by atoms with Crippen LogP contribution < -0.4 is 46.4 Å². The Morgan fingerprint density at radius 3 is 1.49 bits per heavy atom. The number of nitrogens with two attached hydrogens (primary N) is 4. The van der Waals surface area contributed by atoms with Crippen molar-refractivity contribution in [3.05, 3.63) is 41.5 Å². The van der Waals surface area contributed by atoms with E-state index >= 15 is 0 Å². The molecule has 0 aliphatic rings. The van der Waals surface area contributed by atoms with Crippen molar-refractivity contribution in [2.75, 3.05) is 54.6 Å². The molecule has 35 heavy (non-hydrogen) atoms. The Morgan fingerprint density at radius 1 is 0.686 bits per heavy atom. The highest BCUT2D eigenvalue weighted by molar-refractivity contribution is 7.46. The van der Waals surface area contributed by atoms with Gasteiger partial charge in [0.15, 0.2) is 23.0 Å². The van der Waals surface area contributed by atoms with Gasteiger partial charge in [-0.05, 0) is 35.4 Å². The molecule has 0 saturated heterocycles. The summed E-state index contributed by atoms with van der Waals surface area (Å²) in [6, 6.07) is 8.29. The fraction of sp³-hybridized carbons (Fsp3) is 0.364. The van der Waals surface area contributed by atoms with Crippen LogP contribution in [0.3, 0.4) is 0 Å². The molecule has 2 aromatic carbocycles. The van der Waals surface area contributed by atoms with Crippen LogP contribution in [0.1, 0.15) is 11.1 Å². The first kappa shape index (κ1) is 32.2. The molecule has 0 amide bonds. The van der Waals surface area contributed by atoms with Crippen LogP contribution >= 0.6 is 7.82 Å². The molecule has 0 aromatic heterocycles. The van der Waals surface area contributed by atoms with Crippen molar-refractivity contribution >= 4 is 20.0 Å². The zero-order valence-corrected chi connectivity index (χ0v) is 21.4. The van der Waals surface area contributed by atoms with Gasteiger partial charge in [-0.15, -0.1) is 0 Å². The average Bonchev–Trinajstić information content (AvgIpc) is 2.86. The Hall–Kier alpha value is -2.83. The summed E-state index contributed by atoms with van der Waals surface area (Å²) in [6.45, 7) is 2.39. The number of phosphoric acid groups is 1. The van der Waals surface area contributed by atoms with E-state index in [0.717, 1.165) is 5.56 Å². The van der Waals surface area contributed by atoms with Crippen LogP contribution in [0.15, 0.2) is 30.3 Å². The van der Waals surface area contributed by atoms with Crippen molar-refractivity contribution < 1.29 is 37.8 Å². The van der Waals surface area contributed by atoms with Crippen LogP contribution in [0.5, 0.6) is 28.7 Å². The third-order valence-corrected chi connectivity index (χ3v) is 4.33. The molecule has 0 atom stereocenters. The lowest BCUT2D eigenvalue weighted by molar-refractivity contribution is 0.276. The van der Waals surface area contributed by atoms with Gasteiger partial charge in [-0.25, -0.2) is 4.57 Å². The molecule has 0 saturated carbocycles. The van der Waals surface area contributed by atoms with Crippen molar-refractivity contribution in [2.24, 2.45) is 22.9 Å². The Morgan fingerprint density at radius 2 is 1.11 bits per heavy atom. The largest absolute Gasteiger partial charge is 0.524 e. The molecular formula is C22H37N4O8P. The lowest BCUT2D eigenvalue weighted by atomic mass is 10.1. The molecule has 2 rings (SSSR count). The van der Waals surface area contributed by atoms with Gasteiger partial charge in [0.05, 0.1) is 28.4 Å². The van der Waals surface area contributed by atoms with Crippen LogP contribution in [-0.4, -0.2) is 64.4 Å². The molecule has 0 fully saturated rings. The van der Waals surface area contributed by atoms with E-state index in [9.17, 15) is 4.57 Å². The SMILES string of the molecule is COc1ccc(/C=C\c2cc(OC)c(OC)c(OC)c2)cc1OP(=O)(O)O.NCCN.NCCN. The highest BCUT2D eigenvalue weighted by Crippen LogP contribution is 2.42. The summed E-state index contributed by atoms with van der Waals surface area (Å²) in [6.07, 6.45) is 3.53. The first-order valence-electron chi connectivity index (χ1n) is 10.4. The molecule has 0 bridgehead atoms. The van der Waals surface area contributed by atoms with Gasteiger partial charge in [-0.3, -0.25) is 9.79 Å². The number of phosphoric ester groups is 1. The minimum absolute atomic E-state index is 0.0575. The summed E-state index contributed by atoms with van der Waals surface area (Å²) in [4.78, 5) is 18.1. The number of ether oxygens (including phenoxy) is 4. The van der Waals surface area contributed by atoms with Crippen molar-refractivity contribution in [1.29, 1.82) is 0 Å². The van der Waals surface area contributed by atoms with E-state index in [1.54, 1.807) is 36.4 Å². The van der Waals surface area contributed by atoms with Crippen LogP contribution in [0.4, 0.5) is 0 Å². The van der Waals surface area contributed by atoms with E-state index in [1.165, 1.54) is 34.5 Å². The minimum Gasteiger partial charge on any atom is -0.493 e. The number of methoxy groups -OCH3 is 4. The molecule has 12 nitrogen and oxygen atoms in total. The fourth-order valence-electron chi connectivity index (χ4n) is 2.39. The maximum absolute atomic E-state index is 11.1. The summed E-state index contributed by atoms with van der Waals surface area (Å²) in [5.74, 6) is 1.66. The number of hydrogen-bond donors (Lipinski definition) is 6. The first-order valence-corrected chi connectivity index (χ1v) is 11.9. The maximum atomic E-state index is 11.1. The Labute approximate surface area is 206 Å². The first-order chi connectivity index (χ1) is 16.6. The predicted octanol–water partition coefficient (Wildman–Crippen LogP) is 1.17. The topological polar surface area (TPSA) is 208 Å². The normalized spacial score (nSPS) is 10.5. The Bertz CT molecular complexity index is 920. The minimum atomic E-state index is -4.71. The summed E-state index contributed by atoms with van der Waals surface area (Å²) < 4.78 is 36.8. The maximum Gasteiger partial charge on any atom is 0.524 e. The van der Waals surface area contributed by atoms with E-state index in [0.29, 0.717) is 49.0 Å². The quantitative estimate of drug-likeness (QED) is 0.194. The van der Waals surface area contributed by atoms with Gasteiger partial charge in [-0.1, -0.05) is 18.2 Å². The van der Waals surface area contributed by atoms with Crippen LogP contribution in [0, 0.1) is 0 Å². The van der Waals surface area contributed by atoms with E-state index < -0.39 is 7.82 Å². The van der Waals surface area contributed by atoms with Gasteiger partial charge in [0.2, 0.25) is 5.75 Å². The predicted molar refractivity (Wildman–Crippen MR) is 137 cm³/mol. The second kappa shape index (κ2) is 17.6. The molecule has 0 unspecified atom stereocenters. The number of benzene rings is 2. The third kappa shape index (κ3) is 12.4. The molecule has 0 spiro atoms. The van der Waals surface area contributed by atoms with Gasteiger partial charge >= 0.3 is 7.82 Å². The highest BCUT2D eigenvalue weighted by Gasteiger charge is 2.19. The van der Waals surface area contributed by atoms with Crippen LogP contribution in [0.25, 0.3) is 12.2 Å². The second-order valence-corrected chi connectivity index (χ2v) is 7.60. The lowest BCUT2D eigenvalue weighted by Gasteiger charge is -2.13. The van der Waals surface area contributed by atoms with Gasteiger partial charge in [-0.2, -0.15) is 0 Å². The number of hydrogen-bond acceptors (Lipinski definition) is 10. The van der Waals surface area contributed by atoms with Gasteiger partial charge in [0.1, 0.15) is 0 Å². The average molecular weight is 517 g/mol. The van der Waals surface area contributed by atoms with E-state index in [2.05, 4.69) is 4.52 Å². The zero-order valence-electron chi connectivity index (χ0n) is 20.5. The Kier molecular flexibility index (Phi) is 16.2. The van der Waals surface area contributed by atoms with Crippen molar-refractivity contribution in [2.45, 2.75) is 0 Å². The second-order valence-electron chi connectivity index (χ2n) is 6.44. The molecule has 198 valence electrons. The fourth-order valence-corrected chi connectivity index (χ4v) is 2.79. The summed E-state index contributed by atoms with van der Waals surface area (Å²) >= 11 is 0. The zero-order chi connectivity index (χ0) is 26.9. The van der Waals surface area contributed by atoms with E-state index in [1.807, 2.05) is 0 Å². The van der Waals surface area contributed by atoms with Gasteiger partial charge < -0.3 is 46.4 Å². The van der Waals surface area contributed by atoms with Crippen LogP contribution in [-0.2, 0) is 4.57 Å². The van der Waals surface area contributed by atoms with Gasteiger partial charge in [0, 0.05) is 26.2 Å². The van der Waals surface area contributed by atoms with E-state index in [4.69, 9.17) is 51.7 Å². The van der Waals surface area contributed by atoms with Gasteiger partial charge in [0.25, 0.3) is 0 Å². The van der Waals surface area contributed by atoms with Crippen LogP contribution in [0.2, 0.25) is 0 Å². The molecule has 0 aliphatic heterocycles. The highest BCUT2D eigenvalue weighted by atomic mass is 31.2. The molecular weight excluding hydrogens is 479 g/mol.